The maximum absolute atomic E-state index is 13.1. The summed E-state index contributed by atoms with van der Waals surface area (Å²) in [5.41, 5.74) is 1.04. The van der Waals surface area contributed by atoms with Crippen molar-refractivity contribution in [3.8, 4) is 17.2 Å². The molecule has 1 aromatic heterocycles. The van der Waals surface area contributed by atoms with E-state index in [1.165, 1.54) is 0 Å². The highest BCUT2D eigenvalue weighted by Gasteiger charge is 2.32. The average molecular weight is 471 g/mol. The van der Waals surface area contributed by atoms with Gasteiger partial charge < -0.3 is 23.5 Å². The maximum Gasteiger partial charge on any atom is 0.261 e. The third kappa shape index (κ3) is 5.42. The lowest BCUT2D eigenvalue weighted by molar-refractivity contribution is -0.137. The monoisotopic (exact) mass is 470 g/mol. The maximum atomic E-state index is 13.1. The van der Waals surface area contributed by atoms with Crippen molar-refractivity contribution in [1.82, 2.24) is 9.88 Å². The van der Waals surface area contributed by atoms with Crippen molar-refractivity contribution in [2.45, 2.75) is 31.7 Å². The molecule has 1 aliphatic rings. The van der Waals surface area contributed by atoms with Gasteiger partial charge >= 0.3 is 0 Å². The van der Waals surface area contributed by atoms with Gasteiger partial charge in [-0.2, -0.15) is 0 Å². The normalized spacial score (nSPS) is 15.8. The molecule has 0 saturated carbocycles. The van der Waals surface area contributed by atoms with Crippen molar-refractivity contribution in [3.05, 3.63) is 70.9 Å². The van der Waals surface area contributed by atoms with Crippen molar-refractivity contribution < 1.29 is 23.4 Å². The highest BCUT2D eigenvalue weighted by molar-refractivity contribution is 6.30. The van der Waals surface area contributed by atoms with E-state index in [-0.39, 0.29) is 18.6 Å². The number of carbonyl (C=O) groups is 1. The first kappa shape index (κ1) is 23.0. The zero-order chi connectivity index (χ0) is 23.2. The van der Waals surface area contributed by atoms with E-state index in [9.17, 15) is 4.79 Å². The van der Waals surface area contributed by atoms with Crippen LogP contribution in [0.25, 0.3) is 0 Å². The summed E-state index contributed by atoms with van der Waals surface area (Å²) in [5, 5.41) is 0.683. The van der Waals surface area contributed by atoms with Gasteiger partial charge in [0.05, 0.1) is 20.4 Å². The van der Waals surface area contributed by atoms with Gasteiger partial charge in [0.1, 0.15) is 11.8 Å². The van der Waals surface area contributed by atoms with E-state index in [0.717, 1.165) is 30.6 Å². The van der Waals surface area contributed by atoms with Gasteiger partial charge in [0, 0.05) is 18.0 Å². The minimum Gasteiger partial charge on any atom is -0.493 e. The van der Waals surface area contributed by atoms with E-state index in [1.807, 2.05) is 24.3 Å². The molecule has 1 amide bonds. The average Bonchev–Trinajstić information content (AvgIpc) is 3.30. The number of piperidine rings is 1. The molecule has 4 rings (SSSR count). The van der Waals surface area contributed by atoms with Gasteiger partial charge in [-0.3, -0.25) is 4.79 Å². The van der Waals surface area contributed by atoms with Gasteiger partial charge in [0.15, 0.2) is 18.1 Å². The van der Waals surface area contributed by atoms with Crippen LogP contribution in [-0.2, 0) is 11.2 Å². The number of ether oxygens (including phenoxy) is 3. The molecule has 0 aliphatic carbocycles. The van der Waals surface area contributed by atoms with E-state index in [1.54, 1.807) is 43.5 Å². The summed E-state index contributed by atoms with van der Waals surface area (Å²) in [7, 11) is 3.10. The second-order valence-electron chi connectivity index (χ2n) is 7.85. The fourth-order valence-corrected chi connectivity index (χ4v) is 4.28. The van der Waals surface area contributed by atoms with E-state index in [2.05, 4.69) is 4.98 Å². The Morgan fingerprint density at radius 2 is 1.91 bits per heavy atom. The number of rotatable bonds is 8. The van der Waals surface area contributed by atoms with Crippen LogP contribution in [0.5, 0.6) is 17.2 Å². The summed E-state index contributed by atoms with van der Waals surface area (Å²) < 4.78 is 22.6. The molecule has 8 heteroatoms. The zero-order valence-corrected chi connectivity index (χ0v) is 19.5. The number of nitrogens with zero attached hydrogens (tertiary/aromatic N) is 2. The third-order valence-electron chi connectivity index (χ3n) is 5.67. The van der Waals surface area contributed by atoms with E-state index in [0.29, 0.717) is 41.1 Å². The summed E-state index contributed by atoms with van der Waals surface area (Å²) in [6.45, 7) is 0.491. The molecule has 0 N–H and O–H groups in total. The minimum atomic E-state index is -0.220. The zero-order valence-electron chi connectivity index (χ0n) is 18.8. The van der Waals surface area contributed by atoms with Gasteiger partial charge in [0.25, 0.3) is 5.91 Å². The van der Waals surface area contributed by atoms with Crippen LogP contribution in [0, 0.1) is 0 Å². The molecule has 1 saturated heterocycles. The number of benzene rings is 2. The van der Waals surface area contributed by atoms with E-state index >= 15 is 0 Å². The number of methoxy groups -OCH3 is 2. The van der Waals surface area contributed by atoms with Crippen molar-refractivity contribution >= 4 is 17.5 Å². The molecule has 0 bridgehead atoms. The molecule has 33 heavy (non-hydrogen) atoms. The topological polar surface area (TPSA) is 74.0 Å². The summed E-state index contributed by atoms with van der Waals surface area (Å²) in [4.78, 5) is 19.4. The Bertz CT molecular complexity index is 1080. The number of oxazole rings is 1. The molecule has 2 heterocycles. The second-order valence-corrected chi connectivity index (χ2v) is 8.29. The SMILES string of the molecule is COc1cccc(OC)c1OCC(=O)N1CCCC[C@H]1c1ncc(Cc2cccc(Cl)c2)o1. The summed E-state index contributed by atoms with van der Waals surface area (Å²) >= 11 is 6.09. The molecule has 1 atom stereocenters. The second kappa shape index (κ2) is 10.6. The lowest BCUT2D eigenvalue weighted by Crippen LogP contribution is -2.41. The Morgan fingerprint density at radius 3 is 2.64 bits per heavy atom. The summed E-state index contributed by atoms with van der Waals surface area (Å²) in [5.74, 6) is 2.58. The van der Waals surface area contributed by atoms with Gasteiger partial charge in [-0.25, -0.2) is 4.98 Å². The third-order valence-corrected chi connectivity index (χ3v) is 5.90. The summed E-state index contributed by atoms with van der Waals surface area (Å²) in [6.07, 6.45) is 5.04. The molecule has 0 unspecified atom stereocenters. The lowest BCUT2D eigenvalue weighted by atomic mass is 10.0. The first-order valence-electron chi connectivity index (χ1n) is 10.9. The van der Waals surface area contributed by atoms with Crippen LogP contribution >= 0.6 is 11.6 Å². The molecule has 3 aromatic rings. The summed E-state index contributed by atoms with van der Waals surface area (Å²) in [6, 6.07) is 12.8. The van der Waals surface area contributed by atoms with Crippen LogP contribution in [-0.4, -0.2) is 43.2 Å². The number of para-hydroxylation sites is 1. The van der Waals surface area contributed by atoms with Crippen LogP contribution in [0.2, 0.25) is 5.02 Å². The Labute approximate surface area is 198 Å². The molecule has 174 valence electrons. The van der Waals surface area contributed by atoms with Crippen LogP contribution in [0.1, 0.15) is 42.5 Å². The lowest BCUT2D eigenvalue weighted by Gasteiger charge is -2.33. The fraction of sp³-hybridized carbons (Fsp3) is 0.360. The highest BCUT2D eigenvalue weighted by atomic mass is 35.5. The van der Waals surface area contributed by atoms with Crippen molar-refractivity contribution in [3.63, 3.8) is 0 Å². The number of likely N-dealkylation sites (tertiary alicyclic amines) is 1. The Morgan fingerprint density at radius 1 is 1.15 bits per heavy atom. The largest absolute Gasteiger partial charge is 0.493 e. The standard InChI is InChI=1S/C25H27ClN2O5/c1-30-21-10-6-11-22(31-2)24(21)32-16-23(29)28-12-4-3-9-20(28)25-27-15-19(33-25)14-17-7-5-8-18(26)13-17/h5-8,10-11,13,15,20H,3-4,9,12,14,16H2,1-2H3/t20-/m0/s1. The molecular weight excluding hydrogens is 444 g/mol. The quantitative estimate of drug-likeness (QED) is 0.457. The molecule has 7 nitrogen and oxygen atoms in total. The van der Waals surface area contributed by atoms with E-state index < -0.39 is 0 Å². The fourth-order valence-electron chi connectivity index (χ4n) is 4.07. The van der Waals surface area contributed by atoms with Crippen molar-refractivity contribution in [1.29, 1.82) is 0 Å². The molecule has 0 radical (unpaired) electrons. The number of aromatic nitrogens is 1. The number of amides is 1. The smallest absolute Gasteiger partial charge is 0.261 e. The molecule has 1 aliphatic heterocycles. The highest BCUT2D eigenvalue weighted by Crippen LogP contribution is 2.37. The van der Waals surface area contributed by atoms with Crippen LogP contribution in [0.4, 0.5) is 0 Å². The first-order chi connectivity index (χ1) is 16.1. The predicted octanol–water partition coefficient (Wildman–Crippen LogP) is 5.07. The molecule has 2 aromatic carbocycles. The van der Waals surface area contributed by atoms with Crippen LogP contribution in [0.3, 0.4) is 0 Å². The van der Waals surface area contributed by atoms with Gasteiger partial charge in [-0.15, -0.1) is 0 Å². The van der Waals surface area contributed by atoms with Gasteiger partial charge in [-0.05, 0) is 49.1 Å². The predicted molar refractivity (Wildman–Crippen MR) is 124 cm³/mol. The Balaban J connectivity index is 1.46. The molecule has 0 spiro atoms. The Hall–Kier alpha value is -3.19. The van der Waals surface area contributed by atoms with Gasteiger partial charge in [0.2, 0.25) is 11.6 Å². The number of halogens is 1. The van der Waals surface area contributed by atoms with Crippen molar-refractivity contribution in [2.75, 3.05) is 27.4 Å². The van der Waals surface area contributed by atoms with Gasteiger partial charge in [-0.1, -0.05) is 29.8 Å². The number of hydrogen-bond donors (Lipinski definition) is 0. The molecular formula is C25H27ClN2O5. The first-order valence-corrected chi connectivity index (χ1v) is 11.3. The minimum absolute atomic E-state index is 0.136. The van der Waals surface area contributed by atoms with Crippen molar-refractivity contribution in [2.24, 2.45) is 0 Å². The van der Waals surface area contributed by atoms with E-state index in [4.69, 9.17) is 30.2 Å². The van der Waals surface area contributed by atoms with Crippen LogP contribution < -0.4 is 14.2 Å². The molecule has 1 fully saturated rings. The van der Waals surface area contributed by atoms with Crippen LogP contribution in [0.15, 0.2) is 53.1 Å². The number of carbonyl (C=O) groups excluding carboxylic acids is 1. The Kier molecular flexibility index (Phi) is 7.40. The number of hydrogen-bond acceptors (Lipinski definition) is 6.